The Bertz CT molecular complexity index is 1370. The van der Waals surface area contributed by atoms with Crippen molar-refractivity contribution < 1.29 is 52.2 Å². The average molecular weight is 979 g/mol. The zero-order valence-electron chi connectivity index (χ0n) is 43.3. The van der Waals surface area contributed by atoms with Gasteiger partial charge in [-0.15, -0.1) is 0 Å². The van der Waals surface area contributed by atoms with Crippen molar-refractivity contribution in [2.45, 2.75) is 251 Å². The molecule has 0 spiro atoms. The number of aliphatic hydroxyl groups is 1. The van der Waals surface area contributed by atoms with Crippen molar-refractivity contribution in [1.82, 2.24) is 0 Å². The number of phosphoric acid groups is 1. The Kier molecular flexibility index (Phi) is 48.5. The number of allylic oxidation sites excluding steroid dienone is 10. The Morgan fingerprint density at radius 2 is 0.765 bits per heavy atom. The van der Waals surface area contributed by atoms with E-state index in [9.17, 15) is 28.9 Å². The van der Waals surface area contributed by atoms with Crippen LogP contribution in [0.25, 0.3) is 0 Å². The fourth-order valence-corrected chi connectivity index (χ4v) is 8.07. The number of unbranched alkanes of at least 4 members (excludes halogenated alkanes) is 23. The van der Waals surface area contributed by atoms with Crippen LogP contribution >= 0.6 is 7.82 Å². The molecule has 0 aliphatic carbocycles. The van der Waals surface area contributed by atoms with Gasteiger partial charge in [-0.1, -0.05) is 197 Å². The van der Waals surface area contributed by atoms with Gasteiger partial charge in [0.2, 0.25) is 0 Å². The SMILES string of the molecule is CC/C=C\C/C=C\C/C=C\CCCCCC(=O)OCC(COP(=O)(O)OCC(CO)OC(=O)CCCCCCCCCCCCCCC)OC(=O)CCCCCCC/C=C\C/C=C\CCCCC. The molecule has 0 rings (SSSR count). The molecule has 0 aliphatic rings. The number of rotatable bonds is 50. The predicted molar refractivity (Wildman–Crippen MR) is 279 cm³/mol. The highest BCUT2D eigenvalue weighted by molar-refractivity contribution is 7.47. The number of hydrogen-bond acceptors (Lipinski definition) is 10. The summed E-state index contributed by atoms with van der Waals surface area (Å²) in [6.45, 7) is 4.45. The van der Waals surface area contributed by atoms with Gasteiger partial charge in [0.1, 0.15) is 12.7 Å². The van der Waals surface area contributed by atoms with Crippen LogP contribution in [-0.2, 0) is 42.2 Å². The molecule has 0 saturated carbocycles. The largest absolute Gasteiger partial charge is 0.472 e. The van der Waals surface area contributed by atoms with Gasteiger partial charge >= 0.3 is 25.7 Å². The standard InChI is InChI=1S/C56H99O11P/c1-4-7-10-13-16-19-22-25-26-29-32-35-38-41-44-47-56(60)67-53(49-63-54(58)45-42-39-36-33-30-27-23-20-17-14-11-8-5-2)51-65-68(61,62)64-50-52(48-57)66-55(59)46-43-40-37-34-31-28-24-21-18-15-12-9-6-3/h8,11,16-17,19-20,25-27,30,52-53,57H,4-7,9-10,12-15,18,21-24,28-29,31-51H2,1-3H3,(H,61,62)/b11-8-,19-16-,20-17-,26-25-,30-27-. The van der Waals surface area contributed by atoms with Crippen molar-refractivity contribution in [2.24, 2.45) is 0 Å². The molecule has 3 atom stereocenters. The van der Waals surface area contributed by atoms with Gasteiger partial charge in [0.15, 0.2) is 6.10 Å². The summed E-state index contributed by atoms with van der Waals surface area (Å²) in [6.07, 6.45) is 53.3. The Morgan fingerprint density at radius 3 is 1.22 bits per heavy atom. The molecule has 0 aliphatic heterocycles. The third kappa shape index (κ3) is 48.2. The van der Waals surface area contributed by atoms with E-state index in [1.165, 1.54) is 77.0 Å². The quantitative estimate of drug-likeness (QED) is 0.0197. The summed E-state index contributed by atoms with van der Waals surface area (Å²) in [4.78, 5) is 48.4. The number of carbonyl (C=O) groups is 3. The van der Waals surface area contributed by atoms with Crippen molar-refractivity contribution in [1.29, 1.82) is 0 Å². The summed E-state index contributed by atoms with van der Waals surface area (Å²) < 4.78 is 39.4. The molecule has 0 radical (unpaired) electrons. The average Bonchev–Trinajstić information content (AvgIpc) is 3.32. The molecular weight excluding hydrogens is 880 g/mol. The Labute approximate surface area is 415 Å². The number of phosphoric ester groups is 1. The van der Waals surface area contributed by atoms with Crippen LogP contribution < -0.4 is 0 Å². The van der Waals surface area contributed by atoms with Crippen LogP contribution in [0.4, 0.5) is 0 Å². The third-order valence-electron chi connectivity index (χ3n) is 11.4. The molecule has 0 fully saturated rings. The van der Waals surface area contributed by atoms with Gasteiger partial charge in [-0.2, -0.15) is 0 Å². The van der Waals surface area contributed by atoms with Gasteiger partial charge in [0, 0.05) is 19.3 Å². The maximum absolute atomic E-state index is 12.9. The fourth-order valence-electron chi connectivity index (χ4n) is 7.28. The van der Waals surface area contributed by atoms with Crippen molar-refractivity contribution in [3.05, 3.63) is 60.8 Å². The van der Waals surface area contributed by atoms with Crippen molar-refractivity contribution in [3.8, 4) is 0 Å². The van der Waals surface area contributed by atoms with Gasteiger partial charge in [-0.05, 0) is 83.5 Å². The summed E-state index contributed by atoms with van der Waals surface area (Å²) in [5, 5.41) is 9.79. The zero-order chi connectivity index (χ0) is 49.9. The van der Waals surface area contributed by atoms with Gasteiger partial charge < -0.3 is 24.2 Å². The zero-order valence-corrected chi connectivity index (χ0v) is 44.2. The third-order valence-corrected chi connectivity index (χ3v) is 12.4. The number of ether oxygens (including phenoxy) is 3. The van der Waals surface area contributed by atoms with Crippen LogP contribution in [-0.4, -0.2) is 66.5 Å². The van der Waals surface area contributed by atoms with E-state index >= 15 is 0 Å². The second kappa shape index (κ2) is 50.6. The van der Waals surface area contributed by atoms with E-state index < -0.39 is 57.8 Å². The normalized spacial score (nSPS) is 13.9. The second-order valence-electron chi connectivity index (χ2n) is 18.0. The van der Waals surface area contributed by atoms with Crippen LogP contribution in [0.2, 0.25) is 0 Å². The molecular formula is C56H99O11P. The molecule has 394 valence electrons. The lowest BCUT2D eigenvalue weighted by Crippen LogP contribution is -2.30. The van der Waals surface area contributed by atoms with Gasteiger partial charge in [-0.25, -0.2) is 4.57 Å². The maximum Gasteiger partial charge on any atom is 0.472 e. The van der Waals surface area contributed by atoms with E-state index in [1.54, 1.807) is 0 Å². The fraction of sp³-hybridized carbons (Fsp3) is 0.768. The lowest BCUT2D eigenvalue weighted by atomic mass is 10.0. The molecule has 0 aromatic heterocycles. The Morgan fingerprint density at radius 1 is 0.426 bits per heavy atom. The molecule has 0 bridgehead atoms. The van der Waals surface area contributed by atoms with Crippen LogP contribution in [0.1, 0.15) is 239 Å². The topological polar surface area (TPSA) is 155 Å². The smallest absolute Gasteiger partial charge is 0.462 e. The first-order chi connectivity index (χ1) is 33.2. The van der Waals surface area contributed by atoms with Gasteiger partial charge in [0.25, 0.3) is 0 Å². The summed E-state index contributed by atoms with van der Waals surface area (Å²) in [7, 11) is -4.75. The molecule has 0 aromatic carbocycles. The molecule has 12 heteroatoms. The summed E-state index contributed by atoms with van der Waals surface area (Å²) in [5.41, 5.74) is 0. The van der Waals surface area contributed by atoms with E-state index in [1.807, 2.05) is 0 Å². The molecule has 0 amide bonds. The molecule has 11 nitrogen and oxygen atoms in total. The lowest BCUT2D eigenvalue weighted by molar-refractivity contribution is -0.161. The van der Waals surface area contributed by atoms with E-state index in [0.717, 1.165) is 103 Å². The van der Waals surface area contributed by atoms with E-state index in [2.05, 4.69) is 81.5 Å². The molecule has 0 heterocycles. The van der Waals surface area contributed by atoms with E-state index in [4.69, 9.17) is 23.3 Å². The van der Waals surface area contributed by atoms with Crippen molar-refractivity contribution >= 4 is 25.7 Å². The van der Waals surface area contributed by atoms with Crippen LogP contribution in [0.15, 0.2) is 60.8 Å². The highest BCUT2D eigenvalue weighted by Crippen LogP contribution is 2.43. The minimum absolute atomic E-state index is 0.145. The van der Waals surface area contributed by atoms with E-state index in [-0.39, 0.29) is 25.9 Å². The van der Waals surface area contributed by atoms with Crippen LogP contribution in [0, 0.1) is 0 Å². The molecule has 3 unspecified atom stereocenters. The first-order valence-corrected chi connectivity index (χ1v) is 28.7. The van der Waals surface area contributed by atoms with Crippen molar-refractivity contribution in [2.75, 3.05) is 26.4 Å². The summed E-state index contributed by atoms with van der Waals surface area (Å²) in [6, 6.07) is 0. The van der Waals surface area contributed by atoms with Crippen LogP contribution in [0.3, 0.4) is 0 Å². The maximum atomic E-state index is 12.9. The minimum Gasteiger partial charge on any atom is -0.462 e. The first-order valence-electron chi connectivity index (χ1n) is 27.2. The molecule has 0 saturated heterocycles. The van der Waals surface area contributed by atoms with E-state index in [0.29, 0.717) is 19.3 Å². The summed E-state index contributed by atoms with van der Waals surface area (Å²) >= 11 is 0. The predicted octanol–water partition coefficient (Wildman–Crippen LogP) is 15.6. The summed E-state index contributed by atoms with van der Waals surface area (Å²) in [5.74, 6) is -1.51. The first kappa shape index (κ1) is 65.2. The van der Waals surface area contributed by atoms with Crippen LogP contribution in [0.5, 0.6) is 0 Å². The second-order valence-corrected chi connectivity index (χ2v) is 19.5. The molecule has 2 N–H and O–H groups in total. The molecule has 0 aromatic rings. The number of hydrogen-bond donors (Lipinski definition) is 2. The minimum atomic E-state index is -4.75. The highest BCUT2D eigenvalue weighted by Gasteiger charge is 2.28. The Balaban J connectivity index is 4.78. The van der Waals surface area contributed by atoms with Gasteiger partial charge in [-0.3, -0.25) is 23.4 Å². The Hall–Kier alpha value is -2.82. The number of carbonyl (C=O) groups excluding carboxylic acids is 3. The highest BCUT2D eigenvalue weighted by atomic mass is 31.2. The molecule has 68 heavy (non-hydrogen) atoms. The number of esters is 3. The lowest BCUT2D eigenvalue weighted by Gasteiger charge is -2.21. The van der Waals surface area contributed by atoms with Crippen molar-refractivity contribution in [3.63, 3.8) is 0 Å². The monoisotopic (exact) mass is 979 g/mol. The van der Waals surface area contributed by atoms with Gasteiger partial charge in [0.05, 0.1) is 19.8 Å². The number of aliphatic hydroxyl groups excluding tert-OH is 1.